The van der Waals surface area contributed by atoms with Gasteiger partial charge in [-0.25, -0.2) is 4.39 Å². The first kappa shape index (κ1) is 13.5. The van der Waals surface area contributed by atoms with Gasteiger partial charge in [0.25, 0.3) is 10.1 Å². The molecule has 0 aliphatic carbocycles. The number of hydrogen-bond acceptors (Lipinski definition) is 4. The van der Waals surface area contributed by atoms with Crippen LogP contribution in [-0.4, -0.2) is 33.8 Å². The molecule has 1 aliphatic heterocycles. The lowest BCUT2D eigenvalue weighted by Crippen LogP contribution is -2.43. The molecule has 0 bridgehead atoms. The minimum atomic E-state index is -3.73. The van der Waals surface area contributed by atoms with Crippen LogP contribution in [0.2, 0.25) is 0 Å². The van der Waals surface area contributed by atoms with Gasteiger partial charge >= 0.3 is 0 Å². The van der Waals surface area contributed by atoms with Crippen LogP contribution in [0.25, 0.3) is 0 Å². The highest BCUT2D eigenvalue weighted by Crippen LogP contribution is 2.17. The fourth-order valence-electron chi connectivity index (χ4n) is 1.91. The Kier molecular flexibility index (Phi) is 4.31. The van der Waals surface area contributed by atoms with Crippen molar-refractivity contribution in [2.24, 2.45) is 0 Å². The monoisotopic (exact) mass is 273 g/mol. The normalized spacial score (nSPS) is 24.9. The largest absolute Gasteiger partial charge is 0.314 e. The fourth-order valence-corrected chi connectivity index (χ4v) is 3.17. The Morgan fingerprint density at radius 2 is 2.06 bits per heavy atom. The fraction of sp³-hybridized carbons (Fsp3) is 0.500. The summed E-state index contributed by atoms with van der Waals surface area (Å²) in [5, 5.41) is 2.85. The maximum atomic E-state index is 13.5. The summed E-state index contributed by atoms with van der Waals surface area (Å²) in [5.74, 6) is -0.218. The minimum Gasteiger partial charge on any atom is -0.314 e. The van der Waals surface area contributed by atoms with E-state index in [4.69, 9.17) is 4.18 Å². The lowest BCUT2D eigenvalue weighted by molar-refractivity contribution is 0.0783. The summed E-state index contributed by atoms with van der Waals surface area (Å²) in [6, 6.07) is 8.73. The molecule has 6 heteroatoms. The van der Waals surface area contributed by atoms with Crippen LogP contribution >= 0.6 is 0 Å². The highest BCUT2D eigenvalue weighted by molar-refractivity contribution is 7.85. The summed E-state index contributed by atoms with van der Waals surface area (Å²) in [5.41, 5.74) is 0.641. The van der Waals surface area contributed by atoms with E-state index in [1.807, 2.05) is 0 Å². The Hall–Kier alpha value is -0.980. The van der Waals surface area contributed by atoms with Gasteiger partial charge in [-0.3, -0.25) is 4.18 Å². The maximum absolute atomic E-state index is 13.5. The molecule has 2 atom stereocenters. The molecule has 1 aromatic rings. The van der Waals surface area contributed by atoms with Gasteiger partial charge in [0.05, 0.1) is 0 Å². The summed E-state index contributed by atoms with van der Waals surface area (Å²) < 4.78 is 42.0. The van der Waals surface area contributed by atoms with E-state index in [0.29, 0.717) is 18.5 Å². The summed E-state index contributed by atoms with van der Waals surface area (Å²) >= 11 is 0. The Morgan fingerprint density at radius 1 is 1.33 bits per heavy atom. The van der Waals surface area contributed by atoms with Gasteiger partial charge < -0.3 is 5.32 Å². The van der Waals surface area contributed by atoms with Crippen LogP contribution in [0.1, 0.15) is 12.0 Å². The molecule has 0 spiro atoms. The number of rotatable bonds is 4. The van der Waals surface area contributed by atoms with Gasteiger partial charge in [-0.05, 0) is 18.5 Å². The summed E-state index contributed by atoms with van der Waals surface area (Å²) in [4.78, 5) is 0. The molecule has 18 heavy (non-hydrogen) atoms. The van der Waals surface area contributed by atoms with E-state index in [-0.39, 0.29) is 12.3 Å². The molecule has 1 heterocycles. The molecule has 0 radical (unpaired) electrons. The van der Waals surface area contributed by atoms with E-state index in [9.17, 15) is 12.8 Å². The van der Waals surface area contributed by atoms with Crippen molar-refractivity contribution in [1.82, 2.24) is 5.32 Å². The molecule has 1 aromatic carbocycles. The van der Waals surface area contributed by atoms with Crippen LogP contribution < -0.4 is 5.32 Å². The second-order valence-corrected chi connectivity index (χ2v) is 5.93. The molecular formula is C12H16FNO3S. The molecular weight excluding hydrogens is 257 g/mol. The lowest BCUT2D eigenvalue weighted by Gasteiger charge is -2.26. The van der Waals surface area contributed by atoms with E-state index in [1.165, 1.54) is 0 Å². The molecule has 0 saturated carbocycles. The molecule has 1 N–H and O–H groups in total. The van der Waals surface area contributed by atoms with Gasteiger partial charge in [0.2, 0.25) is 0 Å². The van der Waals surface area contributed by atoms with Gasteiger partial charge in [0.15, 0.2) is 0 Å². The van der Waals surface area contributed by atoms with Crippen molar-refractivity contribution < 1.29 is 17.0 Å². The van der Waals surface area contributed by atoms with Crippen molar-refractivity contribution in [3.63, 3.8) is 0 Å². The van der Waals surface area contributed by atoms with Gasteiger partial charge in [-0.2, -0.15) is 8.42 Å². The Bertz CT molecular complexity index is 477. The third-order valence-electron chi connectivity index (χ3n) is 2.80. The Labute approximate surface area is 106 Å². The molecule has 0 aromatic heterocycles. The number of nitrogens with one attached hydrogen (secondary N) is 1. The number of benzene rings is 1. The van der Waals surface area contributed by atoms with Crippen molar-refractivity contribution >= 4 is 10.1 Å². The molecule has 2 rings (SSSR count). The quantitative estimate of drug-likeness (QED) is 0.838. The predicted molar refractivity (Wildman–Crippen MR) is 66.3 cm³/mol. The SMILES string of the molecule is O=S(=O)(Cc1ccccc1)O[C@@H]1CCNC[C@@H]1F. The molecule has 1 fully saturated rings. The predicted octanol–water partition coefficient (Wildman–Crippen LogP) is 1.23. The lowest BCUT2D eigenvalue weighted by atomic mass is 10.1. The number of hydrogen-bond donors (Lipinski definition) is 1. The molecule has 4 nitrogen and oxygen atoms in total. The van der Waals surface area contributed by atoms with Crippen LogP contribution in [0, 0.1) is 0 Å². The standard InChI is InChI=1S/C12H16FNO3S/c13-11-8-14-7-6-12(11)17-18(15,16)9-10-4-2-1-3-5-10/h1-5,11-12,14H,6-9H2/t11-,12+/m0/s1. The van der Waals surface area contributed by atoms with Gasteiger partial charge in [0, 0.05) is 6.54 Å². The Balaban J connectivity index is 1.99. The highest BCUT2D eigenvalue weighted by atomic mass is 32.2. The van der Waals surface area contributed by atoms with Crippen LogP contribution in [-0.2, 0) is 20.1 Å². The minimum absolute atomic E-state index is 0.144. The van der Waals surface area contributed by atoms with Crippen molar-refractivity contribution in [2.75, 3.05) is 13.1 Å². The zero-order valence-corrected chi connectivity index (χ0v) is 10.7. The molecule has 1 aliphatic rings. The average Bonchev–Trinajstić information content (AvgIpc) is 2.32. The van der Waals surface area contributed by atoms with Crippen molar-refractivity contribution in [3.05, 3.63) is 35.9 Å². The molecule has 0 amide bonds. The number of piperidine rings is 1. The summed E-state index contributed by atoms with van der Waals surface area (Å²) in [6.45, 7) is 0.720. The van der Waals surface area contributed by atoms with Crippen LogP contribution in [0.15, 0.2) is 30.3 Å². The third kappa shape index (κ3) is 3.76. The average molecular weight is 273 g/mol. The first-order valence-electron chi connectivity index (χ1n) is 5.86. The second-order valence-electron chi connectivity index (χ2n) is 4.33. The summed E-state index contributed by atoms with van der Waals surface area (Å²) in [6.07, 6.45) is -1.76. The Morgan fingerprint density at radius 3 is 2.72 bits per heavy atom. The van der Waals surface area contributed by atoms with Crippen molar-refractivity contribution in [2.45, 2.75) is 24.4 Å². The second kappa shape index (κ2) is 5.77. The van der Waals surface area contributed by atoms with E-state index in [2.05, 4.69) is 5.32 Å². The van der Waals surface area contributed by atoms with Crippen molar-refractivity contribution in [3.8, 4) is 0 Å². The van der Waals surface area contributed by atoms with E-state index < -0.39 is 22.4 Å². The third-order valence-corrected chi connectivity index (χ3v) is 4.03. The van der Waals surface area contributed by atoms with Crippen LogP contribution in [0.4, 0.5) is 4.39 Å². The smallest absolute Gasteiger partial charge is 0.271 e. The molecule has 1 saturated heterocycles. The molecule has 100 valence electrons. The highest BCUT2D eigenvalue weighted by Gasteiger charge is 2.30. The van der Waals surface area contributed by atoms with E-state index in [0.717, 1.165) is 0 Å². The zero-order valence-electron chi connectivity index (χ0n) is 9.88. The number of alkyl halides is 1. The van der Waals surface area contributed by atoms with Gasteiger partial charge in [0.1, 0.15) is 18.0 Å². The first-order valence-corrected chi connectivity index (χ1v) is 7.44. The first-order chi connectivity index (χ1) is 8.57. The maximum Gasteiger partial charge on any atom is 0.271 e. The van der Waals surface area contributed by atoms with Crippen LogP contribution in [0.5, 0.6) is 0 Å². The molecule has 0 unspecified atom stereocenters. The van der Waals surface area contributed by atoms with E-state index >= 15 is 0 Å². The summed E-state index contributed by atoms with van der Waals surface area (Å²) in [7, 11) is -3.73. The van der Waals surface area contributed by atoms with E-state index in [1.54, 1.807) is 30.3 Å². The van der Waals surface area contributed by atoms with Crippen molar-refractivity contribution in [1.29, 1.82) is 0 Å². The van der Waals surface area contributed by atoms with Gasteiger partial charge in [-0.1, -0.05) is 30.3 Å². The number of halogens is 1. The van der Waals surface area contributed by atoms with Gasteiger partial charge in [-0.15, -0.1) is 0 Å². The topological polar surface area (TPSA) is 55.4 Å². The van der Waals surface area contributed by atoms with Crippen LogP contribution in [0.3, 0.4) is 0 Å². The zero-order chi connectivity index (χ0) is 13.0.